The Hall–Kier alpha value is -3.76. The predicted molar refractivity (Wildman–Crippen MR) is 134 cm³/mol. The molecule has 9 nitrogen and oxygen atoms in total. The molecule has 1 saturated heterocycles. The highest BCUT2D eigenvalue weighted by Gasteiger charge is 2.41. The molecule has 0 unspecified atom stereocenters. The number of rotatable bonds is 7. The summed E-state index contributed by atoms with van der Waals surface area (Å²) >= 11 is 0. The van der Waals surface area contributed by atoms with Crippen LogP contribution in [0.15, 0.2) is 89.8 Å². The van der Waals surface area contributed by atoms with Crippen LogP contribution >= 0.6 is 0 Å². The van der Waals surface area contributed by atoms with Gasteiger partial charge in [0.25, 0.3) is 5.69 Å². The molecule has 3 aromatic carbocycles. The van der Waals surface area contributed by atoms with E-state index in [0.717, 1.165) is 11.1 Å². The van der Waals surface area contributed by atoms with Gasteiger partial charge in [-0.2, -0.15) is 4.31 Å². The topological polar surface area (TPSA) is 110 Å². The molecule has 1 amide bonds. The third kappa shape index (κ3) is 5.72. The van der Waals surface area contributed by atoms with Crippen molar-refractivity contribution in [3.63, 3.8) is 0 Å². The quantitative estimate of drug-likeness (QED) is 0.348. The number of hydrogen-bond donors (Lipinski definition) is 0. The van der Waals surface area contributed by atoms with Gasteiger partial charge in [0.2, 0.25) is 10.0 Å². The van der Waals surface area contributed by atoms with E-state index in [1.807, 2.05) is 60.7 Å². The number of sulfonamides is 1. The molecule has 0 N–H and O–H groups in total. The molecule has 4 rings (SSSR count). The van der Waals surface area contributed by atoms with Crippen LogP contribution in [0.3, 0.4) is 0 Å². The summed E-state index contributed by atoms with van der Waals surface area (Å²) in [6, 6.07) is 22.8. The van der Waals surface area contributed by atoms with Crippen LogP contribution in [-0.2, 0) is 27.8 Å². The van der Waals surface area contributed by atoms with Crippen molar-refractivity contribution < 1.29 is 22.9 Å². The molecule has 0 saturated carbocycles. The number of hydrogen-bond acceptors (Lipinski definition) is 6. The van der Waals surface area contributed by atoms with Gasteiger partial charge in [-0.3, -0.25) is 15.0 Å². The molecule has 2 atom stereocenters. The molecule has 1 fully saturated rings. The molecular formula is C26H27N3O6S. The van der Waals surface area contributed by atoms with E-state index in [2.05, 4.69) is 0 Å². The lowest BCUT2D eigenvalue weighted by Crippen LogP contribution is -2.61. The lowest BCUT2D eigenvalue weighted by atomic mass is 10.0. The fourth-order valence-corrected chi connectivity index (χ4v) is 5.96. The van der Waals surface area contributed by atoms with Crippen LogP contribution in [0.25, 0.3) is 0 Å². The number of nitrogens with zero attached hydrogens (tertiary/aromatic N) is 3. The first-order valence-electron chi connectivity index (χ1n) is 11.5. The Morgan fingerprint density at radius 3 is 2.11 bits per heavy atom. The van der Waals surface area contributed by atoms with Gasteiger partial charge in [-0.25, -0.2) is 13.2 Å². The maximum absolute atomic E-state index is 13.4. The average Bonchev–Trinajstić information content (AvgIpc) is 2.88. The van der Waals surface area contributed by atoms with Crippen molar-refractivity contribution in [1.29, 1.82) is 0 Å². The lowest BCUT2D eigenvalue weighted by molar-refractivity contribution is -0.384. The third-order valence-corrected chi connectivity index (χ3v) is 8.01. The molecule has 0 aromatic heterocycles. The SMILES string of the molecule is C[C@H]1CN(S(=O)(=O)c2ccc([N+](=O)[O-])cc2)C[C@H](Cc2ccccc2)N1C(=O)OCc1ccccc1. The van der Waals surface area contributed by atoms with Gasteiger partial charge in [-0.15, -0.1) is 0 Å². The number of amides is 1. The molecule has 188 valence electrons. The minimum atomic E-state index is -3.94. The summed E-state index contributed by atoms with van der Waals surface area (Å²) in [4.78, 5) is 25.2. The summed E-state index contributed by atoms with van der Waals surface area (Å²) < 4.78 is 33.8. The highest BCUT2D eigenvalue weighted by atomic mass is 32.2. The molecule has 3 aromatic rings. The second-order valence-electron chi connectivity index (χ2n) is 8.71. The fraction of sp³-hybridized carbons (Fsp3) is 0.269. The number of carbonyl (C=O) groups is 1. The Bertz CT molecular complexity index is 1300. The molecule has 0 bridgehead atoms. The van der Waals surface area contributed by atoms with E-state index < -0.39 is 33.1 Å². The van der Waals surface area contributed by atoms with Gasteiger partial charge in [-0.05, 0) is 36.6 Å². The molecule has 1 heterocycles. The van der Waals surface area contributed by atoms with E-state index >= 15 is 0 Å². The average molecular weight is 510 g/mol. The van der Waals surface area contributed by atoms with Crippen LogP contribution in [0, 0.1) is 10.1 Å². The Morgan fingerprint density at radius 2 is 1.53 bits per heavy atom. The second-order valence-corrected chi connectivity index (χ2v) is 10.7. The summed E-state index contributed by atoms with van der Waals surface area (Å²) in [6.07, 6.45) is -0.0579. The van der Waals surface area contributed by atoms with E-state index in [0.29, 0.717) is 6.42 Å². The molecule has 10 heteroatoms. The van der Waals surface area contributed by atoms with Crippen LogP contribution in [-0.4, -0.2) is 53.8 Å². The lowest BCUT2D eigenvalue weighted by Gasteiger charge is -2.44. The summed E-state index contributed by atoms with van der Waals surface area (Å²) in [5.41, 5.74) is 1.64. The first-order valence-corrected chi connectivity index (χ1v) is 13.0. The standard InChI is InChI=1S/C26H27N3O6S/c1-20-17-27(36(33,34)25-14-12-23(13-15-25)29(31)32)18-24(16-21-8-4-2-5-9-21)28(20)26(30)35-19-22-10-6-3-7-11-22/h2-15,20,24H,16-19H2,1H3/t20-,24-/m0/s1. The van der Waals surface area contributed by atoms with Crippen molar-refractivity contribution in [2.45, 2.75) is 36.9 Å². The van der Waals surface area contributed by atoms with Gasteiger partial charge in [-0.1, -0.05) is 60.7 Å². The Morgan fingerprint density at radius 1 is 0.944 bits per heavy atom. The predicted octanol–water partition coefficient (Wildman–Crippen LogP) is 4.24. The van der Waals surface area contributed by atoms with Gasteiger partial charge in [0, 0.05) is 31.3 Å². The molecule has 36 heavy (non-hydrogen) atoms. The summed E-state index contributed by atoms with van der Waals surface area (Å²) in [6.45, 7) is 2.05. The minimum absolute atomic E-state index is 0.0288. The van der Waals surface area contributed by atoms with E-state index in [1.54, 1.807) is 11.8 Å². The maximum Gasteiger partial charge on any atom is 0.410 e. The molecule has 0 aliphatic carbocycles. The highest BCUT2D eigenvalue weighted by Crippen LogP contribution is 2.27. The van der Waals surface area contributed by atoms with Crippen molar-refractivity contribution in [2.75, 3.05) is 13.1 Å². The normalized spacial score (nSPS) is 18.5. The molecular weight excluding hydrogens is 482 g/mol. The Labute approximate surface area is 210 Å². The molecule has 1 aliphatic rings. The number of benzene rings is 3. The van der Waals surface area contributed by atoms with Crippen molar-refractivity contribution in [2.24, 2.45) is 0 Å². The molecule has 0 radical (unpaired) electrons. The summed E-state index contributed by atoms with van der Waals surface area (Å²) in [7, 11) is -3.94. The van der Waals surface area contributed by atoms with E-state index in [9.17, 15) is 23.3 Å². The molecule has 1 aliphatic heterocycles. The number of piperazine rings is 1. The van der Waals surface area contributed by atoms with Crippen LogP contribution < -0.4 is 0 Å². The highest BCUT2D eigenvalue weighted by molar-refractivity contribution is 7.89. The number of carbonyl (C=O) groups excluding carboxylic acids is 1. The summed E-state index contributed by atoms with van der Waals surface area (Å²) in [5, 5.41) is 11.0. The largest absolute Gasteiger partial charge is 0.445 e. The van der Waals surface area contributed by atoms with E-state index in [-0.39, 0.29) is 30.3 Å². The fourth-order valence-electron chi connectivity index (χ4n) is 4.40. The number of non-ortho nitro benzene ring substituents is 1. The smallest absolute Gasteiger partial charge is 0.410 e. The van der Waals surface area contributed by atoms with Crippen molar-refractivity contribution in [3.05, 3.63) is 106 Å². The first kappa shape index (κ1) is 25.3. The minimum Gasteiger partial charge on any atom is -0.445 e. The third-order valence-electron chi connectivity index (χ3n) is 6.17. The van der Waals surface area contributed by atoms with Gasteiger partial charge in [0.1, 0.15) is 6.61 Å². The second kappa shape index (κ2) is 10.9. The van der Waals surface area contributed by atoms with Crippen LogP contribution in [0.4, 0.5) is 10.5 Å². The van der Waals surface area contributed by atoms with Gasteiger partial charge >= 0.3 is 6.09 Å². The number of nitro groups is 1. The molecule has 0 spiro atoms. The van der Waals surface area contributed by atoms with Gasteiger partial charge in [0.15, 0.2) is 0 Å². The van der Waals surface area contributed by atoms with Crippen LogP contribution in [0.5, 0.6) is 0 Å². The maximum atomic E-state index is 13.4. The Kier molecular flexibility index (Phi) is 7.66. The van der Waals surface area contributed by atoms with Crippen molar-refractivity contribution >= 4 is 21.8 Å². The first-order chi connectivity index (χ1) is 17.3. The van der Waals surface area contributed by atoms with Crippen LogP contribution in [0.1, 0.15) is 18.1 Å². The van der Waals surface area contributed by atoms with Gasteiger partial charge in [0.05, 0.1) is 15.9 Å². The van der Waals surface area contributed by atoms with Crippen molar-refractivity contribution in [1.82, 2.24) is 9.21 Å². The van der Waals surface area contributed by atoms with E-state index in [1.165, 1.54) is 28.6 Å². The van der Waals surface area contributed by atoms with Crippen molar-refractivity contribution in [3.8, 4) is 0 Å². The number of ether oxygens (including phenoxy) is 1. The zero-order valence-electron chi connectivity index (χ0n) is 19.8. The van der Waals surface area contributed by atoms with Crippen LogP contribution in [0.2, 0.25) is 0 Å². The van der Waals surface area contributed by atoms with Gasteiger partial charge < -0.3 is 4.74 Å². The summed E-state index contributed by atoms with van der Waals surface area (Å²) in [5.74, 6) is 0. The zero-order chi connectivity index (χ0) is 25.7. The Balaban J connectivity index is 1.57. The van der Waals surface area contributed by atoms with E-state index in [4.69, 9.17) is 4.74 Å². The zero-order valence-corrected chi connectivity index (χ0v) is 20.6. The number of nitro benzene ring substituents is 1. The monoisotopic (exact) mass is 509 g/mol.